The molecule has 7 heteroatoms. The van der Waals surface area contributed by atoms with Gasteiger partial charge in [0, 0.05) is 38.3 Å². The first-order chi connectivity index (χ1) is 10.6. The van der Waals surface area contributed by atoms with Crippen molar-refractivity contribution >= 4 is 11.9 Å². The molecule has 0 bridgehead atoms. The summed E-state index contributed by atoms with van der Waals surface area (Å²) in [6, 6.07) is 0.189. The Kier molecular flexibility index (Phi) is 4.31. The number of carbonyl (C=O) groups excluding carboxylic acids is 2. The average molecular weight is 305 g/mol. The number of likely N-dealkylation sites (tertiary alicyclic amines) is 1. The third-order valence-electron chi connectivity index (χ3n) is 4.09. The van der Waals surface area contributed by atoms with E-state index in [0.717, 1.165) is 31.4 Å². The molecule has 7 nitrogen and oxygen atoms in total. The number of carbonyl (C=O) groups is 2. The number of hydrogen-bond donors (Lipinski definition) is 2. The Bertz CT molecular complexity index is 552. The van der Waals surface area contributed by atoms with E-state index < -0.39 is 0 Å². The second-order valence-electron chi connectivity index (χ2n) is 6.21. The highest BCUT2D eigenvalue weighted by molar-refractivity contribution is 5.82. The first-order valence-electron chi connectivity index (χ1n) is 7.95. The number of nitrogens with one attached hydrogen (secondary N) is 2. The van der Waals surface area contributed by atoms with E-state index in [4.69, 9.17) is 0 Å². The fraction of sp³-hybridized carbons (Fsp3) is 0.667. The standard InChI is InChI=1S/C15H23N5O2/c1-11-8-17-19(9-11)6-2-5-16-15(22)18-12-7-14(21)20(10-12)13-3-4-13/h8-9,12-13H,2-7,10H2,1H3,(H2,16,18,22)/t12-/m1/s1. The Hall–Kier alpha value is -2.05. The van der Waals surface area contributed by atoms with Crippen LogP contribution in [0.15, 0.2) is 12.4 Å². The molecule has 0 unspecified atom stereocenters. The van der Waals surface area contributed by atoms with E-state index in [-0.39, 0.29) is 18.0 Å². The monoisotopic (exact) mass is 305 g/mol. The number of rotatable bonds is 6. The SMILES string of the molecule is Cc1cnn(CCCNC(=O)N[C@@H]2CC(=O)N(C3CC3)C2)c1. The van der Waals surface area contributed by atoms with Gasteiger partial charge in [-0.25, -0.2) is 4.79 Å². The summed E-state index contributed by atoms with van der Waals surface area (Å²) >= 11 is 0. The number of aromatic nitrogens is 2. The molecule has 3 rings (SSSR count). The van der Waals surface area contributed by atoms with Gasteiger partial charge in [-0.15, -0.1) is 0 Å². The number of aryl methyl sites for hydroxylation is 2. The molecule has 2 aliphatic rings. The normalized spacial score (nSPS) is 21.2. The largest absolute Gasteiger partial charge is 0.338 e. The molecule has 1 aromatic heterocycles. The Balaban J connectivity index is 1.32. The topological polar surface area (TPSA) is 79.3 Å². The van der Waals surface area contributed by atoms with Crippen LogP contribution in [0.3, 0.4) is 0 Å². The van der Waals surface area contributed by atoms with Crippen molar-refractivity contribution in [3.8, 4) is 0 Å². The molecule has 1 aliphatic carbocycles. The van der Waals surface area contributed by atoms with Crippen molar-refractivity contribution in [2.24, 2.45) is 0 Å². The summed E-state index contributed by atoms with van der Waals surface area (Å²) in [7, 11) is 0. The summed E-state index contributed by atoms with van der Waals surface area (Å²) in [5, 5.41) is 9.93. The minimum Gasteiger partial charge on any atom is -0.338 e. The van der Waals surface area contributed by atoms with Crippen molar-refractivity contribution in [1.82, 2.24) is 25.3 Å². The molecular weight excluding hydrogens is 282 g/mol. The molecular formula is C15H23N5O2. The van der Waals surface area contributed by atoms with Gasteiger partial charge in [-0.05, 0) is 31.7 Å². The van der Waals surface area contributed by atoms with Crippen LogP contribution in [-0.4, -0.2) is 51.8 Å². The Labute approximate surface area is 130 Å². The van der Waals surface area contributed by atoms with E-state index in [1.807, 2.05) is 28.9 Å². The van der Waals surface area contributed by atoms with Crippen LogP contribution in [0.2, 0.25) is 0 Å². The highest BCUT2D eigenvalue weighted by Gasteiger charge is 2.39. The summed E-state index contributed by atoms with van der Waals surface area (Å²) in [6.07, 6.45) is 7.28. The molecule has 1 saturated heterocycles. The van der Waals surface area contributed by atoms with Crippen molar-refractivity contribution in [3.05, 3.63) is 18.0 Å². The van der Waals surface area contributed by atoms with Gasteiger partial charge in [-0.1, -0.05) is 0 Å². The summed E-state index contributed by atoms with van der Waals surface area (Å²) in [5.74, 6) is 0.168. The predicted octanol–water partition coefficient (Wildman–Crippen LogP) is 0.644. The van der Waals surface area contributed by atoms with Crippen molar-refractivity contribution < 1.29 is 9.59 Å². The number of amides is 3. The van der Waals surface area contributed by atoms with Crippen LogP contribution < -0.4 is 10.6 Å². The summed E-state index contributed by atoms with van der Waals surface area (Å²) in [5.41, 5.74) is 1.14. The van der Waals surface area contributed by atoms with Crippen LogP contribution >= 0.6 is 0 Å². The van der Waals surface area contributed by atoms with Crippen molar-refractivity contribution in [3.63, 3.8) is 0 Å². The van der Waals surface area contributed by atoms with Crippen LogP contribution in [0.25, 0.3) is 0 Å². The van der Waals surface area contributed by atoms with E-state index in [2.05, 4.69) is 15.7 Å². The van der Waals surface area contributed by atoms with Gasteiger partial charge in [-0.2, -0.15) is 5.10 Å². The molecule has 2 N–H and O–H groups in total. The lowest BCUT2D eigenvalue weighted by Gasteiger charge is -2.16. The molecule has 1 aliphatic heterocycles. The molecule has 0 radical (unpaired) electrons. The molecule has 3 amide bonds. The van der Waals surface area contributed by atoms with Gasteiger partial charge in [0.25, 0.3) is 0 Å². The summed E-state index contributed by atoms with van der Waals surface area (Å²) < 4.78 is 1.87. The highest BCUT2D eigenvalue weighted by Crippen LogP contribution is 2.30. The van der Waals surface area contributed by atoms with Crippen molar-refractivity contribution in [2.75, 3.05) is 13.1 Å². The molecule has 1 aromatic rings. The lowest BCUT2D eigenvalue weighted by molar-refractivity contribution is -0.128. The predicted molar refractivity (Wildman–Crippen MR) is 81.3 cm³/mol. The van der Waals surface area contributed by atoms with Gasteiger partial charge in [0.2, 0.25) is 5.91 Å². The van der Waals surface area contributed by atoms with E-state index >= 15 is 0 Å². The molecule has 0 spiro atoms. The maximum absolute atomic E-state index is 11.8. The smallest absolute Gasteiger partial charge is 0.315 e. The van der Waals surface area contributed by atoms with Gasteiger partial charge >= 0.3 is 6.03 Å². The van der Waals surface area contributed by atoms with Crippen LogP contribution in [0.1, 0.15) is 31.2 Å². The zero-order valence-corrected chi connectivity index (χ0v) is 12.9. The molecule has 2 heterocycles. The fourth-order valence-corrected chi connectivity index (χ4v) is 2.84. The zero-order valence-electron chi connectivity index (χ0n) is 12.9. The first-order valence-corrected chi connectivity index (χ1v) is 7.95. The third-order valence-corrected chi connectivity index (χ3v) is 4.09. The number of hydrogen-bond acceptors (Lipinski definition) is 3. The maximum Gasteiger partial charge on any atom is 0.315 e. The molecule has 2 fully saturated rings. The van der Waals surface area contributed by atoms with Gasteiger partial charge in [-0.3, -0.25) is 9.48 Å². The third kappa shape index (κ3) is 3.78. The Morgan fingerprint density at radius 1 is 1.45 bits per heavy atom. The van der Waals surface area contributed by atoms with Crippen LogP contribution in [0, 0.1) is 6.92 Å². The van der Waals surface area contributed by atoms with E-state index in [1.54, 1.807) is 0 Å². The molecule has 22 heavy (non-hydrogen) atoms. The summed E-state index contributed by atoms with van der Waals surface area (Å²) in [6.45, 7) is 4.04. The lowest BCUT2D eigenvalue weighted by Crippen LogP contribution is -2.43. The molecule has 1 atom stereocenters. The zero-order chi connectivity index (χ0) is 15.5. The highest BCUT2D eigenvalue weighted by atomic mass is 16.2. The average Bonchev–Trinajstić information content (AvgIpc) is 3.13. The van der Waals surface area contributed by atoms with Crippen LogP contribution in [-0.2, 0) is 11.3 Å². The fourth-order valence-electron chi connectivity index (χ4n) is 2.84. The number of urea groups is 1. The van der Waals surface area contributed by atoms with Gasteiger partial charge in [0.15, 0.2) is 0 Å². The van der Waals surface area contributed by atoms with E-state index in [0.29, 0.717) is 25.6 Å². The quantitative estimate of drug-likeness (QED) is 0.757. The van der Waals surface area contributed by atoms with E-state index in [1.165, 1.54) is 0 Å². The number of nitrogens with zero attached hydrogens (tertiary/aromatic N) is 3. The molecule has 1 saturated carbocycles. The Morgan fingerprint density at radius 3 is 2.95 bits per heavy atom. The van der Waals surface area contributed by atoms with E-state index in [9.17, 15) is 9.59 Å². The molecule has 120 valence electrons. The summed E-state index contributed by atoms with van der Waals surface area (Å²) in [4.78, 5) is 25.6. The molecule has 0 aromatic carbocycles. The Morgan fingerprint density at radius 2 is 2.27 bits per heavy atom. The minimum absolute atomic E-state index is 0.0538. The minimum atomic E-state index is -0.188. The second-order valence-corrected chi connectivity index (χ2v) is 6.21. The second kappa shape index (κ2) is 6.37. The van der Waals surface area contributed by atoms with Crippen molar-refractivity contribution in [1.29, 1.82) is 0 Å². The first kappa shape index (κ1) is 14.9. The van der Waals surface area contributed by atoms with Crippen LogP contribution in [0.5, 0.6) is 0 Å². The van der Waals surface area contributed by atoms with Crippen molar-refractivity contribution in [2.45, 2.75) is 51.2 Å². The lowest BCUT2D eigenvalue weighted by atomic mass is 10.2. The van der Waals surface area contributed by atoms with Gasteiger partial charge in [0.05, 0.1) is 12.2 Å². The maximum atomic E-state index is 11.8. The van der Waals surface area contributed by atoms with Crippen LogP contribution in [0.4, 0.5) is 4.79 Å². The van der Waals surface area contributed by atoms with Gasteiger partial charge in [0.1, 0.15) is 0 Å². The van der Waals surface area contributed by atoms with Gasteiger partial charge < -0.3 is 15.5 Å².